The lowest BCUT2D eigenvalue weighted by molar-refractivity contribution is 0.000999. The Labute approximate surface area is 119 Å². The van der Waals surface area contributed by atoms with Crippen molar-refractivity contribution in [3.63, 3.8) is 0 Å². The molecule has 5 nitrogen and oxygen atoms in total. The van der Waals surface area contributed by atoms with E-state index in [0.717, 1.165) is 25.7 Å². The lowest BCUT2D eigenvalue weighted by Crippen LogP contribution is -2.32. The minimum absolute atomic E-state index is 0.00793. The average molecular weight is 281 g/mol. The molecule has 1 aromatic carbocycles. The van der Waals surface area contributed by atoms with Crippen molar-refractivity contribution in [1.29, 1.82) is 0 Å². The predicted molar refractivity (Wildman–Crippen MR) is 75.4 cm³/mol. The number of aliphatic hydroxyl groups is 3. The number of ether oxygens (including phenoxy) is 1. The van der Waals surface area contributed by atoms with Crippen molar-refractivity contribution in [1.82, 2.24) is 0 Å². The highest BCUT2D eigenvalue weighted by Gasteiger charge is 2.31. The highest BCUT2D eigenvalue weighted by molar-refractivity contribution is 5.30. The highest BCUT2D eigenvalue weighted by atomic mass is 16.5. The van der Waals surface area contributed by atoms with Crippen LogP contribution in [0.4, 0.5) is 0 Å². The summed E-state index contributed by atoms with van der Waals surface area (Å²) in [6.07, 6.45) is 1.56. The zero-order valence-corrected chi connectivity index (χ0v) is 11.5. The second-order valence-electron chi connectivity index (χ2n) is 5.54. The van der Waals surface area contributed by atoms with Gasteiger partial charge in [0.15, 0.2) is 0 Å². The van der Waals surface area contributed by atoms with Gasteiger partial charge in [0.1, 0.15) is 18.5 Å². The second kappa shape index (κ2) is 6.54. The van der Waals surface area contributed by atoms with Crippen LogP contribution in [0, 0.1) is 0 Å². The van der Waals surface area contributed by atoms with Gasteiger partial charge in [0.25, 0.3) is 0 Å². The molecule has 0 saturated heterocycles. The van der Waals surface area contributed by atoms with E-state index in [0.29, 0.717) is 11.3 Å². The third-order valence-electron chi connectivity index (χ3n) is 3.85. The third-order valence-corrected chi connectivity index (χ3v) is 3.85. The van der Waals surface area contributed by atoms with Gasteiger partial charge in [-0.2, -0.15) is 0 Å². The zero-order valence-electron chi connectivity index (χ0n) is 11.5. The van der Waals surface area contributed by atoms with E-state index in [1.165, 1.54) is 0 Å². The molecule has 1 aromatic rings. The van der Waals surface area contributed by atoms with E-state index >= 15 is 0 Å². The Morgan fingerprint density at radius 1 is 1.25 bits per heavy atom. The van der Waals surface area contributed by atoms with Crippen molar-refractivity contribution in [3.8, 4) is 5.75 Å². The van der Waals surface area contributed by atoms with Gasteiger partial charge in [0.2, 0.25) is 0 Å². The van der Waals surface area contributed by atoms with Gasteiger partial charge in [-0.25, -0.2) is 0 Å². The number of aliphatic hydroxyl groups excluding tert-OH is 2. The molecule has 1 aliphatic rings. The van der Waals surface area contributed by atoms with E-state index in [9.17, 15) is 15.3 Å². The molecule has 1 saturated carbocycles. The largest absolute Gasteiger partial charge is 0.491 e. The van der Waals surface area contributed by atoms with Crippen LogP contribution < -0.4 is 10.5 Å². The zero-order chi connectivity index (χ0) is 14.6. The molecule has 0 amide bonds. The van der Waals surface area contributed by atoms with E-state index in [1.54, 1.807) is 24.3 Å². The van der Waals surface area contributed by atoms with E-state index in [1.807, 2.05) is 0 Å². The van der Waals surface area contributed by atoms with Crippen molar-refractivity contribution in [2.75, 3.05) is 13.2 Å². The molecule has 5 heteroatoms. The van der Waals surface area contributed by atoms with E-state index < -0.39 is 17.8 Å². The summed E-state index contributed by atoms with van der Waals surface area (Å²) in [5, 5.41) is 29.7. The van der Waals surface area contributed by atoms with Crippen molar-refractivity contribution in [3.05, 3.63) is 29.8 Å². The Hall–Kier alpha value is -1.14. The van der Waals surface area contributed by atoms with Gasteiger partial charge in [-0.1, -0.05) is 25.0 Å². The first-order valence-corrected chi connectivity index (χ1v) is 7.05. The SMILES string of the molecule is NC[C@@H](O)[C@@H](O)c1cccc(OCC2(O)CCCC2)c1. The summed E-state index contributed by atoms with van der Waals surface area (Å²) < 4.78 is 5.62. The molecule has 0 heterocycles. The summed E-state index contributed by atoms with van der Waals surface area (Å²) in [7, 11) is 0. The normalized spacial score (nSPS) is 20.6. The molecule has 1 fully saturated rings. The monoisotopic (exact) mass is 281 g/mol. The molecule has 5 N–H and O–H groups in total. The second-order valence-corrected chi connectivity index (χ2v) is 5.54. The fourth-order valence-electron chi connectivity index (χ4n) is 2.53. The summed E-state index contributed by atoms with van der Waals surface area (Å²) >= 11 is 0. The molecule has 0 radical (unpaired) electrons. The van der Waals surface area contributed by atoms with Crippen LogP contribution in [-0.2, 0) is 0 Å². The van der Waals surface area contributed by atoms with Gasteiger partial charge in [-0.15, -0.1) is 0 Å². The molecule has 2 atom stereocenters. The van der Waals surface area contributed by atoms with Gasteiger partial charge >= 0.3 is 0 Å². The van der Waals surface area contributed by atoms with Crippen molar-refractivity contribution < 1.29 is 20.1 Å². The summed E-state index contributed by atoms with van der Waals surface area (Å²) in [6.45, 7) is 0.248. The fraction of sp³-hybridized carbons (Fsp3) is 0.600. The number of rotatable bonds is 6. The third kappa shape index (κ3) is 3.70. The van der Waals surface area contributed by atoms with Crippen LogP contribution in [0.1, 0.15) is 37.4 Å². The smallest absolute Gasteiger partial charge is 0.119 e. The first-order chi connectivity index (χ1) is 9.54. The van der Waals surface area contributed by atoms with Gasteiger partial charge in [-0.05, 0) is 30.5 Å². The molecule has 0 aliphatic heterocycles. The maximum Gasteiger partial charge on any atom is 0.119 e. The number of benzene rings is 1. The first-order valence-electron chi connectivity index (χ1n) is 7.05. The van der Waals surface area contributed by atoms with Crippen LogP contribution in [-0.4, -0.2) is 40.2 Å². The first kappa shape index (κ1) is 15.3. The molecule has 0 aromatic heterocycles. The lowest BCUT2D eigenvalue weighted by atomic mass is 10.0. The van der Waals surface area contributed by atoms with Gasteiger partial charge < -0.3 is 25.8 Å². The quantitative estimate of drug-likeness (QED) is 0.616. The number of hydrogen-bond acceptors (Lipinski definition) is 5. The Morgan fingerprint density at radius 2 is 1.95 bits per heavy atom. The lowest BCUT2D eigenvalue weighted by Gasteiger charge is -2.23. The molecular weight excluding hydrogens is 258 g/mol. The van der Waals surface area contributed by atoms with Crippen molar-refractivity contribution >= 4 is 0 Å². The van der Waals surface area contributed by atoms with Crippen molar-refractivity contribution in [2.24, 2.45) is 5.73 Å². The van der Waals surface area contributed by atoms with E-state index in [-0.39, 0.29) is 13.2 Å². The summed E-state index contributed by atoms with van der Waals surface area (Å²) in [4.78, 5) is 0. The number of hydrogen-bond donors (Lipinski definition) is 4. The van der Waals surface area contributed by atoms with E-state index in [4.69, 9.17) is 10.5 Å². The Balaban J connectivity index is 1.99. The fourth-order valence-corrected chi connectivity index (χ4v) is 2.53. The Bertz CT molecular complexity index is 432. The summed E-state index contributed by atoms with van der Waals surface area (Å²) in [6, 6.07) is 6.89. The summed E-state index contributed by atoms with van der Waals surface area (Å²) in [5.41, 5.74) is 5.16. The van der Waals surface area contributed by atoms with Gasteiger partial charge in [0, 0.05) is 6.54 Å². The van der Waals surface area contributed by atoms with Crippen LogP contribution in [0.5, 0.6) is 5.75 Å². The Kier molecular flexibility index (Phi) is 4.99. The Morgan fingerprint density at radius 3 is 2.60 bits per heavy atom. The molecule has 112 valence electrons. The van der Waals surface area contributed by atoms with Crippen LogP contribution in [0.25, 0.3) is 0 Å². The topological polar surface area (TPSA) is 95.9 Å². The molecular formula is C15H23NO4. The molecule has 20 heavy (non-hydrogen) atoms. The minimum atomic E-state index is -1.03. The van der Waals surface area contributed by atoms with E-state index in [2.05, 4.69) is 0 Å². The maximum absolute atomic E-state index is 10.2. The average Bonchev–Trinajstić information content (AvgIpc) is 2.91. The number of nitrogens with two attached hydrogens (primary N) is 1. The van der Waals surface area contributed by atoms with Crippen LogP contribution >= 0.6 is 0 Å². The molecule has 0 unspecified atom stereocenters. The minimum Gasteiger partial charge on any atom is -0.491 e. The van der Waals surface area contributed by atoms with Gasteiger partial charge in [-0.3, -0.25) is 0 Å². The highest BCUT2D eigenvalue weighted by Crippen LogP contribution is 2.30. The molecule has 0 spiro atoms. The summed E-state index contributed by atoms with van der Waals surface area (Å²) in [5.74, 6) is 0.575. The maximum atomic E-state index is 10.2. The molecule has 2 rings (SSSR count). The van der Waals surface area contributed by atoms with Crippen molar-refractivity contribution in [2.45, 2.75) is 43.5 Å². The standard InChI is InChI=1S/C15H23NO4/c16-9-13(17)14(18)11-4-3-5-12(8-11)20-10-15(19)6-1-2-7-15/h3-5,8,13-14,17-19H,1-2,6-7,9-10,16H2/t13-,14+/m1/s1. The van der Waals surface area contributed by atoms with Gasteiger partial charge in [0.05, 0.1) is 11.7 Å². The predicted octanol–water partition coefficient (Wildman–Crippen LogP) is 0.723. The molecule has 1 aliphatic carbocycles. The molecule has 0 bridgehead atoms. The van der Waals surface area contributed by atoms with Crippen LogP contribution in [0.3, 0.4) is 0 Å². The van der Waals surface area contributed by atoms with Crippen LogP contribution in [0.15, 0.2) is 24.3 Å². The van der Waals surface area contributed by atoms with Crippen LogP contribution in [0.2, 0.25) is 0 Å².